The molecule has 2 N–H and O–H groups in total. The Kier molecular flexibility index (Phi) is 9.85. The molecule has 2 heteroatoms. The van der Waals surface area contributed by atoms with Crippen LogP contribution in [0.5, 0.6) is 0 Å². The normalized spacial score (nSPS) is 10.4. The second-order valence-electron chi connectivity index (χ2n) is 2.89. The van der Waals surface area contributed by atoms with E-state index in [2.05, 4.69) is 12.2 Å². The molecule has 0 aromatic rings. The van der Waals surface area contributed by atoms with Crippen molar-refractivity contribution >= 4 is 0 Å². The first kappa shape index (κ1) is 10.9. The topological polar surface area (TPSA) is 32.3 Å². The summed E-state index contributed by atoms with van der Waals surface area (Å²) in [6.07, 6.45) is 6.60. The van der Waals surface area contributed by atoms with E-state index in [1.165, 1.54) is 32.1 Å². The van der Waals surface area contributed by atoms with Crippen molar-refractivity contribution in [2.24, 2.45) is 0 Å². The van der Waals surface area contributed by atoms with Gasteiger partial charge in [-0.2, -0.15) is 0 Å². The second-order valence-corrected chi connectivity index (χ2v) is 2.89. The summed E-state index contributed by atoms with van der Waals surface area (Å²) in [6.45, 7) is 4.29. The Morgan fingerprint density at radius 1 is 1.00 bits per heavy atom. The van der Waals surface area contributed by atoms with Gasteiger partial charge in [0.05, 0.1) is 6.61 Å². The summed E-state index contributed by atoms with van der Waals surface area (Å²) < 4.78 is 0. The zero-order valence-electron chi connectivity index (χ0n) is 7.60. The summed E-state index contributed by atoms with van der Waals surface area (Å²) in [5, 5.41) is 11.6. The van der Waals surface area contributed by atoms with Crippen molar-refractivity contribution in [2.45, 2.75) is 39.0 Å². The van der Waals surface area contributed by atoms with Gasteiger partial charge in [-0.05, 0) is 13.0 Å². The van der Waals surface area contributed by atoms with E-state index >= 15 is 0 Å². The maximum absolute atomic E-state index is 8.44. The van der Waals surface area contributed by atoms with Gasteiger partial charge >= 0.3 is 0 Å². The number of aliphatic hydroxyl groups is 1. The maximum atomic E-state index is 8.44. The largest absolute Gasteiger partial charge is 0.395 e. The lowest BCUT2D eigenvalue weighted by Crippen LogP contribution is -2.19. The van der Waals surface area contributed by atoms with E-state index in [0.717, 1.165) is 13.1 Å². The van der Waals surface area contributed by atoms with Crippen LogP contribution in [-0.2, 0) is 0 Å². The van der Waals surface area contributed by atoms with Gasteiger partial charge in [0.15, 0.2) is 0 Å². The Morgan fingerprint density at radius 2 is 1.73 bits per heavy atom. The Balaban J connectivity index is 2.69. The Labute approximate surface area is 70.0 Å². The van der Waals surface area contributed by atoms with Crippen LogP contribution >= 0.6 is 0 Å². The first-order valence-electron chi connectivity index (χ1n) is 4.73. The summed E-state index contributed by atoms with van der Waals surface area (Å²) in [7, 11) is 0. The minimum atomic E-state index is 0.259. The molecule has 68 valence electrons. The SMILES string of the molecule is CCCCCCCNCCO. The molecule has 11 heavy (non-hydrogen) atoms. The summed E-state index contributed by atoms with van der Waals surface area (Å²) in [4.78, 5) is 0. The third kappa shape index (κ3) is 9.92. The fourth-order valence-electron chi connectivity index (χ4n) is 1.06. The van der Waals surface area contributed by atoms with Gasteiger partial charge in [0.1, 0.15) is 0 Å². The highest BCUT2D eigenvalue weighted by molar-refractivity contribution is 4.47. The average molecular weight is 159 g/mol. The first-order valence-corrected chi connectivity index (χ1v) is 4.73. The molecule has 0 saturated carbocycles. The molecular weight excluding hydrogens is 138 g/mol. The van der Waals surface area contributed by atoms with Crippen LogP contribution in [0.25, 0.3) is 0 Å². The highest BCUT2D eigenvalue weighted by Gasteiger charge is 1.87. The number of hydrogen-bond donors (Lipinski definition) is 2. The lowest BCUT2D eigenvalue weighted by atomic mass is 10.1. The molecule has 0 rings (SSSR count). The molecule has 0 aliphatic heterocycles. The molecule has 0 amide bonds. The number of nitrogens with one attached hydrogen (secondary N) is 1. The van der Waals surface area contributed by atoms with Crippen LogP contribution < -0.4 is 5.32 Å². The van der Waals surface area contributed by atoms with Crippen LogP contribution in [0.15, 0.2) is 0 Å². The van der Waals surface area contributed by atoms with Crippen LogP contribution in [0.3, 0.4) is 0 Å². The van der Waals surface area contributed by atoms with Gasteiger partial charge in [-0.25, -0.2) is 0 Å². The average Bonchev–Trinajstić information content (AvgIpc) is 2.03. The van der Waals surface area contributed by atoms with E-state index in [1.807, 2.05) is 0 Å². The van der Waals surface area contributed by atoms with Crippen molar-refractivity contribution in [1.82, 2.24) is 5.32 Å². The van der Waals surface area contributed by atoms with Crippen LogP contribution in [-0.4, -0.2) is 24.8 Å². The maximum Gasteiger partial charge on any atom is 0.0555 e. The van der Waals surface area contributed by atoms with Gasteiger partial charge in [-0.3, -0.25) is 0 Å². The van der Waals surface area contributed by atoms with Crippen molar-refractivity contribution in [3.05, 3.63) is 0 Å². The predicted octanol–water partition coefficient (Wildman–Crippen LogP) is 1.54. The van der Waals surface area contributed by atoms with Gasteiger partial charge < -0.3 is 10.4 Å². The van der Waals surface area contributed by atoms with Crippen molar-refractivity contribution < 1.29 is 5.11 Å². The second kappa shape index (κ2) is 9.92. The number of rotatable bonds is 8. The molecule has 0 aliphatic rings. The molecule has 0 radical (unpaired) electrons. The third-order valence-electron chi connectivity index (χ3n) is 1.75. The zero-order chi connectivity index (χ0) is 8.36. The third-order valence-corrected chi connectivity index (χ3v) is 1.75. The minimum Gasteiger partial charge on any atom is -0.395 e. The lowest BCUT2D eigenvalue weighted by molar-refractivity contribution is 0.292. The summed E-state index contributed by atoms with van der Waals surface area (Å²) in [6, 6.07) is 0. The van der Waals surface area contributed by atoms with Gasteiger partial charge in [0.2, 0.25) is 0 Å². The Hall–Kier alpha value is -0.0800. The highest BCUT2D eigenvalue weighted by Crippen LogP contribution is 2.00. The van der Waals surface area contributed by atoms with Crippen LogP contribution in [0.4, 0.5) is 0 Å². The molecule has 2 nitrogen and oxygen atoms in total. The van der Waals surface area contributed by atoms with E-state index in [-0.39, 0.29) is 6.61 Å². The van der Waals surface area contributed by atoms with E-state index < -0.39 is 0 Å². The minimum absolute atomic E-state index is 0.259. The molecule has 0 heterocycles. The molecule has 0 spiro atoms. The van der Waals surface area contributed by atoms with E-state index in [0.29, 0.717) is 0 Å². The Morgan fingerprint density at radius 3 is 2.36 bits per heavy atom. The molecule has 0 fully saturated rings. The van der Waals surface area contributed by atoms with Crippen LogP contribution in [0.2, 0.25) is 0 Å². The molecule has 0 saturated heterocycles. The van der Waals surface area contributed by atoms with Gasteiger partial charge in [0.25, 0.3) is 0 Å². The lowest BCUT2D eigenvalue weighted by Gasteiger charge is -2.01. The van der Waals surface area contributed by atoms with E-state index in [9.17, 15) is 0 Å². The fraction of sp³-hybridized carbons (Fsp3) is 1.00. The van der Waals surface area contributed by atoms with Gasteiger partial charge in [-0.15, -0.1) is 0 Å². The van der Waals surface area contributed by atoms with Crippen molar-refractivity contribution in [3.8, 4) is 0 Å². The quantitative estimate of drug-likeness (QED) is 0.526. The predicted molar refractivity (Wildman–Crippen MR) is 48.7 cm³/mol. The summed E-state index contributed by atoms with van der Waals surface area (Å²) >= 11 is 0. The first-order chi connectivity index (χ1) is 5.41. The molecule has 0 aromatic carbocycles. The van der Waals surface area contributed by atoms with E-state index in [4.69, 9.17) is 5.11 Å². The van der Waals surface area contributed by atoms with Crippen molar-refractivity contribution in [3.63, 3.8) is 0 Å². The van der Waals surface area contributed by atoms with Crippen molar-refractivity contribution in [2.75, 3.05) is 19.7 Å². The number of hydrogen-bond acceptors (Lipinski definition) is 2. The standard InChI is InChI=1S/C9H21NO/c1-2-3-4-5-6-7-10-8-9-11/h10-11H,2-9H2,1H3. The van der Waals surface area contributed by atoms with Gasteiger partial charge in [-0.1, -0.05) is 32.6 Å². The molecule has 0 atom stereocenters. The molecule has 0 bridgehead atoms. The van der Waals surface area contributed by atoms with Crippen LogP contribution in [0.1, 0.15) is 39.0 Å². The number of unbranched alkanes of at least 4 members (excludes halogenated alkanes) is 4. The fourth-order valence-corrected chi connectivity index (χ4v) is 1.06. The monoisotopic (exact) mass is 159 g/mol. The summed E-state index contributed by atoms with van der Waals surface area (Å²) in [5.74, 6) is 0. The smallest absolute Gasteiger partial charge is 0.0555 e. The van der Waals surface area contributed by atoms with E-state index in [1.54, 1.807) is 0 Å². The molecule has 0 aliphatic carbocycles. The zero-order valence-corrected chi connectivity index (χ0v) is 7.60. The molecule has 0 aromatic heterocycles. The summed E-state index contributed by atoms with van der Waals surface area (Å²) in [5.41, 5.74) is 0. The highest BCUT2D eigenvalue weighted by atomic mass is 16.3. The molecule has 0 unspecified atom stereocenters. The van der Waals surface area contributed by atoms with Crippen LogP contribution in [0, 0.1) is 0 Å². The number of aliphatic hydroxyl groups excluding tert-OH is 1. The molecular formula is C9H21NO. The Bertz CT molecular complexity index is 58.6. The van der Waals surface area contributed by atoms with Gasteiger partial charge in [0, 0.05) is 6.54 Å². The van der Waals surface area contributed by atoms with Crippen molar-refractivity contribution in [1.29, 1.82) is 0 Å².